The number of pyridine rings is 3. The summed E-state index contributed by atoms with van der Waals surface area (Å²) in [4.78, 5) is 21.2. The third-order valence-corrected chi connectivity index (χ3v) is 3.81. The second-order valence-corrected chi connectivity index (χ2v) is 5.17. The molecule has 0 fully saturated rings. The van der Waals surface area contributed by atoms with Gasteiger partial charge in [0.1, 0.15) is 5.65 Å². The van der Waals surface area contributed by atoms with E-state index in [1.807, 2.05) is 24.3 Å². The maximum atomic E-state index is 12.6. The van der Waals surface area contributed by atoms with Crippen LogP contribution in [-0.4, -0.2) is 14.5 Å². The van der Waals surface area contributed by atoms with Crippen molar-refractivity contribution in [2.75, 3.05) is 0 Å². The molecule has 0 saturated heterocycles. The Kier molecular flexibility index (Phi) is 2.93. The molecule has 4 aromatic rings. The SMILES string of the molecule is O=c1c2ccncc2n(Cc2ccccc2)c2ncccc12. The van der Waals surface area contributed by atoms with Crippen molar-refractivity contribution >= 4 is 21.9 Å². The highest BCUT2D eigenvalue weighted by Gasteiger charge is 2.11. The first-order valence-corrected chi connectivity index (χ1v) is 7.10. The Bertz CT molecular complexity index is 963. The molecule has 106 valence electrons. The molecule has 3 heterocycles. The molecule has 4 heteroatoms. The van der Waals surface area contributed by atoms with Crippen LogP contribution in [0.3, 0.4) is 0 Å². The van der Waals surface area contributed by atoms with Crippen LogP contribution < -0.4 is 5.43 Å². The molecule has 4 nitrogen and oxygen atoms in total. The maximum Gasteiger partial charge on any atom is 0.198 e. The van der Waals surface area contributed by atoms with Gasteiger partial charge in [0, 0.05) is 24.3 Å². The van der Waals surface area contributed by atoms with Gasteiger partial charge in [-0.2, -0.15) is 0 Å². The second kappa shape index (κ2) is 5.07. The van der Waals surface area contributed by atoms with Gasteiger partial charge in [-0.25, -0.2) is 4.98 Å². The van der Waals surface area contributed by atoms with Crippen molar-refractivity contribution in [3.8, 4) is 0 Å². The largest absolute Gasteiger partial charge is 0.319 e. The first-order valence-electron chi connectivity index (χ1n) is 7.10. The van der Waals surface area contributed by atoms with E-state index in [0.717, 1.165) is 11.1 Å². The van der Waals surface area contributed by atoms with Crippen LogP contribution in [0.5, 0.6) is 0 Å². The predicted molar refractivity (Wildman–Crippen MR) is 86.8 cm³/mol. The quantitative estimate of drug-likeness (QED) is 0.532. The van der Waals surface area contributed by atoms with E-state index in [2.05, 4.69) is 26.7 Å². The lowest BCUT2D eigenvalue weighted by Crippen LogP contribution is -2.13. The topological polar surface area (TPSA) is 47.8 Å². The van der Waals surface area contributed by atoms with Crippen LogP contribution >= 0.6 is 0 Å². The van der Waals surface area contributed by atoms with Crippen molar-refractivity contribution in [2.24, 2.45) is 0 Å². The summed E-state index contributed by atoms with van der Waals surface area (Å²) in [6.07, 6.45) is 5.10. The van der Waals surface area contributed by atoms with Gasteiger partial charge in [0.2, 0.25) is 0 Å². The van der Waals surface area contributed by atoms with Crippen LogP contribution in [0, 0.1) is 0 Å². The monoisotopic (exact) mass is 287 g/mol. The summed E-state index contributed by atoms with van der Waals surface area (Å²) in [5, 5.41) is 1.31. The van der Waals surface area contributed by atoms with Gasteiger partial charge in [-0.3, -0.25) is 9.78 Å². The Hall–Kier alpha value is -3.01. The second-order valence-electron chi connectivity index (χ2n) is 5.17. The molecule has 0 aliphatic heterocycles. The molecule has 0 atom stereocenters. The summed E-state index contributed by atoms with van der Waals surface area (Å²) < 4.78 is 2.05. The third kappa shape index (κ3) is 1.97. The summed E-state index contributed by atoms with van der Waals surface area (Å²) in [7, 11) is 0. The van der Waals surface area contributed by atoms with Gasteiger partial charge in [0.25, 0.3) is 0 Å². The average molecular weight is 287 g/mol. The normalized spacial score (nSPS) is 11.1. The molecule has 4 rings (SSSR count). The molecule has 0 aliphatic carbocycles. The minimum atomic E-state index is 0.00446. The van der Waals surface area contributed by atoms with Gasteiger partial charge < -0.3 is 4.57 Å². The van der Waals surface area contributed by atoms with E-state index in [1.54, 1.807) is 30.7 Å². The molecule has 0 N–H and O–H groups in total. The third-order valence-electron chi connectivity index (χ3n) is 3.81. The molecule has 0 saturated carbocycles. The van der Waals surface area contributed by atoms with Gasteiger partial charge in [-0.15, -0.1) is 0 Å². The number of nitrogens with zero attached hydrogens (tertiary/aromatic N) is 3. The van der Waals surface area contributed by atoms with E-state index in [1.165, 1.54) is 0 Å². The molecule has 0 bridgehead atoms. The lowest BCUT2D eigenvalue weighted by molar-refractivity contribution is 0.846. The molecule has 0 radical (unpaired) electrons. The molecule has 0 amide bonds. The van der Waals surface area contributed by atoms with Crippen LogP contribution in [0.1, 0.15) is 5.56 Å². The van der Waals surface area contributed by atoms with Crippen molar-refractivity contribution in [2.45, 2.75) is 6.54 Å². The lowest BCUT2D eigenvalue weighted by atomic mass is 10.1. The highest BCUT2D eigenvalue weighted by Crippen LogP contribution is 2.18. The van der Waals surface area contributed by atoms with E-state index in [-0.39, 0.29) is 5.43 Å². The fraction of sp³-hybridized carbons (Fsp3) is 0.0556. The summed E-state index contributed by atoms with van der Waals surface area (Å²) in [5.41, 5.74) is 2.66. The lowest BCUT2D eigenvalue weighted by Gasteiger charge is -2.13. The van der Waals surface area contributed by atoms with Crippen LogP contribution in [0.25, 0.3) is 21.9 Å². The molecule has 1 aromatic carbocycles. The summed E-state index contributed by atoms with van der Waals surface area (Å²) in [6, 6.07) is 15.5. The van der Waals surface area contributed by atoms with Crippen molar-refractivity contribution in [1.29, 1.82) is 0 Å². The molecule has 0 spiro atoms. The van der Waals surface area contributed by atoms with Gasteiger partial charge in [-0.05, 0) is 23.8 Å². The highest BCUT2D eigenvalue weighted by molar-refractivity contribution is 5.91. The fourth-order valence-corrected chi connectivity index (χ4v) is 2.77. The summed E-state index contributed by atoms with van der Waals surface area (Å²) in [5.74, 6) is 0. The molecule has 0 aliphatic rings. The van der Waals surface area contributed by atoms with Crippen molar-refractivity contribution < 1.29 is 0 Å². The van der Waals surface area contributed by atoms with E-state index in [9.17, 15) is 4.79 Å². The first kappa shape index (κ1) is 12.7. The summed E-state index contributed by atoms with van der Waals surface area (Å²) in [6.45, 7) is 0.650. The average Bonchev–Trinajstić information content (AvgIpc) is 2.59. The number of rotatable bonds is 2. The smallest absolute Gasteiger partial charge is 0.198 e. The number of hydrogen-bond donors (Lipinski definition) is 0. The van der Waals surface area contributed by atoms with Crippen molar-refractivity contribution in [3.63, 3.8) is 0 Å². The van der Waals surface area contributed by atoms with E-state index in [0.29, 0.717) is 23.0 Å². The van der Waals surface area contributed by atoms with Crippen LogP contribution in [0.15, 0.2) is 71.9 Å². The molecule has 3 aromatic heterocycles. The van der Waals surface area contributed by atoms with Gasteiger partial charge >= 0.3 is 0 Å². The van der Waals surface area contributed by atoms with Crippen molar-refractivity contribution in [1.82, 2.24) is 14.5 Å². The Morgan fingerprint density at radius 2 is 1.77 bits per heavy atom. The molecular weight excluding hydrogens is 274 g/mol. The minimum absolute atomic E-state index is 0.00446. The van der Waals surface area contributed by atoms with E-state index >= 15 is 0 Å². The number of hydrogen-bond acceptors (Lipinski definition) is 3. The standard InChI is InChI=1S/C18H13N3O/c22-17-14-8-10-19-11-16(14)21(12-13-5-2-1-3-6-13)18-15(17)7-4-9-20-18/h1-11H,12H2. The zero-order valence-corrected chi connectivity index (χ0v) is 11.8. The minimum Gasteiger partial charge on any atom is -0.319 e. The Morgan fingerprint density at radius 3 is 2.64 bits per heavy atom. The molecule has 0 unspecified atom stereocenters. The number of benzene rings is 1. The van der Waals surface area contributed by atoms with Gasteiger partial charge in [0.15, 0.2) is 5.43 Å². The van der Waals surface area contributed by atoms with Crippen LogP contribution in [0.2, 0.25) is 0 Å². The highest BCUT2D eigenvalue weighted by atomic mass is 16.1. The van der Waals surface area contributed by atoms with Crippen LogP contribution in [-0.2, 0) is 6.54 Å². The molecule has 22 heavy (non-hydrogen) atoms. The summed E-state index contributed by atoms with van der Waals surface area (Å²) >= 11 is 0. The van der Waals surface area contributed by atoms with Crippen LogP contribution in [0.4, 0.5) is 0 Å². The fourth-order valence-electron chi connectivity index (χ4n) is 2.77. The maximum absolute atomic E-state index is 12.6. The Morgan fingerprint density at radius 1 is 0.909 bits per heavy atom. The Balaban J connectivity index is 2.09. The number of aromatic nitrogens is 3. The number of fused-ring (bicyclic) bond motifs is 2. The van der Waals surface area contributed by atoms with Crippen molar-refractivity contribution in [3.05, 3.63) is 82.9 Å². The van der Waals surface area contributed by atoms with Gasteiger partial charge in [-0.1, -0.05) is 30.3 Å². The Labute approximate surface area is 126 Å². The zero-order valence-electron chi connectivity index (χ0n) is 11.8. The van der Waals surface area contributed by atoms with E-state index < -0.39 is 0 Å². The predicted octanol–water partition coefficient (Wildman–Crippen LogP) is 2.99. The van der Waals surface area contributed by atoms with Gasteiger partial charge in [0.05, 0.1) is 17.1 Å². The first-order chi connectivity index (χ1) is 10.8. The zero-order chi connectivity index (χ0) is 14.9. The molecular formula is C18H13N3O. The van der Waals surface area contributed by atoms with E-state index in [4.69, 9.17) is 0 Å².